The van der Waals surface area contributed by atoms with Crippen molar-refractivity contribution in [2.75, 3.05) is 7.11 Å². The zero-order valence-electron chi connectivity index (χ0n) is 9.34. The van der Waals surface area contributed by atoms with Crippen LogP contribution in [0, 0.1) is 0 Å². The van der Waals surface area contributed by atoms with Crippen LogP contribution in [0.3, 0.4) is 0 Å². The van der Waals surface area contributed by atoms with E-state index in [9.17, 15) is 13.2 Å². The van der Waals surface area contributed by atoms with Gasteiger partial charge in [-0.05, 0) is 25.0 Å². The molecule has 6 heteroatoms. The van der Waals surface area contributed by atoms with Crippen molar-refractivity contribution in [2.45, 2.75) is 22.6 Å². The van der Waals surface area contributed by atoms with Gasteiger partial charge in [0.25, 0.3) is 0 Å². The Morgan fingerprint density at radius 2 is 1.88 bits per heavy atom. The average Bonchev–Trinajstić information content (AvgIpc) is 3.11. The van der Waals surface area contributed by atoms with Gasteiger partial charge in [-0.2, -0.15) is 0 Å². The lowest BCUT2D eigenvalue weighted by atomic mass is 10.4. The Hall–Kier alpha value is -1.56. The zero-order chi connectivity index (χ0) is 12.5. The summed E-state index contributed by atoms with van der Waals surface area (Å²) in [5.74, 6) is 0. The van der Waals surface area contributed by atoms with E-state index >= 15 is 0 Å². The van der Waals surface area contributed by atoms with Crippen molar-refractivity contribution in [1.82, 2.24) is 5.32 Å². The number of hydrogen-bond donors (Lipinski definition) is 1. The molecule has 1 saturated carbocycles. The number of nitrogens with one attached hydrogen (secondary N) is 1. The molecule has 1 amide bonds. The largest absolute Gasteiger partial charge is 0.453 e. The summed E-state index contributed by atoms with van der Waals surface area (Å²) < 4.78 is 29.0. The summed E-state index contributed by atoms with van der Waals surface area (Å²) in [5.41, 5.74) is 0. The van der Waals surface area contributed by atoms with Crippen LogP contribution in [-0.4, -0.2) is 26.5 Å². The van der Waals surface area contributed by atoms with Crippen LogP contribution in [0.1, 0.15) is 12.8 Å². The molecular weight excluding hydrogens is 242 g/mol. The third-order valence-corrected chi connectivity index (χ3v) is 5.22. The molecular formula is C11H13NO4S. The second-order valence-corrected chi connectivity index (χ2v) is 6.19. The smallest absolute Gasteiger partial charge is 0.408 e. The van der Waals surface area contributed by atoms with Crippen LogP contribution in [-0.2, 0) is 14.6 Å². The van der Waals surface area contributed by atoms with Crippen LogP contribution in [0.2, 0.25) is 0 Å². The minimum absolute atomic E-state index is 0.217. The molecule has 1 aromatic rings. The molecule has 0 aromatic heterocycles. The minimum Gasteiger partial charge on any atom is -0.453 e. The van der Waals surface area contributed by atoms with Crippen molar-refractivity contribution in [1.29, 1.82) is 0 Å². The molecule has 0 spiro atoms. The van der Waals surface area contributed by atoms with Crippen molar-refractivity contribution in [3.63, 3.8) is 0 Å². The van der Waals surface area contributed by atoms with Gasteiger partial charge in [-0.15, -0.1) is 0 Å². The van der Waals surface area contributed by atoms with Gasteiger partial charge in [-0.3, -0.25) is 0 Å². The van der Waals surface area contributed by atoms with Crippen LogP contribution < -0.4 is 5.32 Å². The lowest BCUT2D eigenvalue weighted by molar-refractivity contribution is 0.169. The standard InChI is InChI=1S/C11H13NO4S/c1-16-10(13)12-11(7-8-11)17(14,15)9-5-3-2-4-6-9/h2-6H,7-8H2,1H3,(H,12,13). The Kier molecular flexibility index (Phi) is 2.82. The fourth-order valence-corrected chi connectivity index (χ4v) is 3.46. The van der Waals surface area contributed by atoms with Gasteiger partial charge in [0.05, 0.1) is 12.0 Å². The van der Waals surface area contributed by atoms with Gasteiger partial charge in [-0.1, -0.05) is 18.2 Å². The van der Waals surface area contributed by atoms with Gasteiger partial charge in [0.1, 0.15) is 4.87 Å². The summed E-state index contributed by atoms with van der Waals surface area (Å²) in [5, 5.41) is 2.41. The van der Waals surface area contributed by atoms with Gasteiger partial charge < -0.3 is 10.1 Å². The first-order valence-corrected chi connectivity index (χ1v) is 6.66. The maximum absolute atomic E-state index is 12.3. The highest BCUT2D eigenvalue weighted by Crippen LogP contribution is 2.44. The molecule has 1 aromatic carbocycles. The van der Waals surface area contributed by atoms with Crippen molar-refractivity contribution in [2.24, 2.45) is 0 Å². The number of rotatable bonds is 3. The Bertz CT molecular complexity index is 520. The molecule has 1 aliphatic carbocycles. The Labute approximate surface area is 99.7 Å². The Morgan fingerprint density at radius 1 is 1.29 bits per heavy atom. The molecule has 5 nitrogen and oxygen atoms in total. The molecule has 0 saturated heterocycles. The van der Waals surface area contributed by atoms with Crippen LogP contribution in [0.4, 0.5) is 4.79 Å². The number of ether oxygens (including phenoxy) is 1. The maximum atomic E-state index is 12.3. The van der Waals surface area contributed by atoms with Gasteiger partial charge in [0, 0.05) is 0 Å². The molecule has 0 bridgehead atoms. The predicted octanol–water partition coefficient (Wildman–Crippen LogP) is 1.31. The van der Waals surface area contributed by atoms with E-state index < -0.39 is 20.8 Å². The maximum Gasteiger partial charge on any atom is 0.408 e. The van der Waals surface area contributed by atoms with E-state index in [1.165, 1.54) is 19.2 Å². The molecule has 92 valence electrons. The SMILES string of the molecule is COC(=O)NC1(S(=O)(=O)c2ccccc2)CC1. The monoisotopic (exact) mass is 255 g/mol. The number of methoxy groups -OCH3 is 1. The van der Waals surface area contributed by atoms with Crippen molar-refractivity contribution in [3.05, 3.63) is 30.3 Å². The summed E-state index contributed by atoms with van der Waals surface area (Å²) in [4.78, 5) is 10.2. The van der Waals surface area contributed by atoms with Gasteiger partial charge in [0.15, 0.2) is 0 Å². The topological polar surface area (TPSA) is 72.5 Å². The van der Waals surface area contributed by atoms with E-state index in [0.717, 1.165) is 0 Å². The van der Waals surface area contributed by atoms with E-state index in [4.69, 9.17) is 0 Å². The lowest BCUT2D eigenvalue weighted by Gasteiger charge is -2.17. The highest BCUT2D eigenvalue weighted by molar-refractivity contribution is 7.93. The van der Waals surface area contributed by atoms with Gasteiger partial charge in [-0.25, -0.2) is 13.2 Å². The molecule has 0 radical (unpaired) electrons. The molecule has 0 aliphatic heterocycles. The van der Waals surface area contributed by atoms with Crippen LogP contribution in [0.25, 0.3) is 0 Å². The fourth-order valence-electron chi connectivity index (χ4n) is 1.64. The minimum atomic E-state index is -3.54. The predicted molar refractivity (Wildman–Crippen MR) is 61.1 cm³/mol. The molecule has 0 atom stereocenters. The number of carbonyl (C=O) groups is 1. The zero-order valence-corrected chi connectivity index (χ0v) is 10.2. The normalized spacial score (nSPS) is 17.2. The summed E-state index contributed by atoms with van der Waals surface area (Å²) in [6.07, 6.45) is 0.112. The van der Waals surface area contributed by atoms with E-state index in [2.05, 4.69) is 10.1 Å². The first kappa shape index (κ1) is 11.9. The quantitative estimate of drug-likeness (QED) is 0.883. The summed E-state index contributed by atoms with van der Waals surface area (Å²) >= 11 is 0. The molecule has 17 heavy (non-hydrogen) atoms. The molecule has 1 aliphatic rings. The second-order valence-electron chi connectivity index (χ2n) is 3.93. The van der Waals surface area contributed by atoms with Crippen LogP contribution in [0.15, 0.2) is 35.2 Å². The highest BCUT2D eigenvalue weighted by Gasteiger charge is 2.56. The van der Waals surface area contributed by atoms with E-state index in [0.29, 0.717) is 12.8 Å². The van der Waals surface area contributed by atoms with E-state index in [1.807, 2.05) is 0 Å². The van der Waals surface area contributed by atoms with Crippen LogP contribution in [0.5, 0.6) is 0 Å². The van der Waals surface area contributed by atoms with Crippen molar-refractivity contribution < 1.29 is 17.9 Å². The van der Waals surface area contributed by atoms with Gasteiger partial charge >= 0.3 is 6.09 Å². The van der Waals surface area contributed by atoms with Crippen LogP contribution >= 0.6 is 0 Å². The first-order valence-electron chi connectivity index (χ1n) is 5.18. The third kappa shape index (κ3) is 2.00. The fraction of sp³-hybridized carbons (Fsp3) is 0.364. The number of benzene rings is 1. The van der Waals surface area contributed by atoms with E-state index in [-0.39, 0.29) is 4.90 Å². The number of hydrogen-bond acceptors (Lipinski definition) is 4. The number of amides is 1. The number of alkyl carbamates (subject to hydrolysis) is 1. The number of sulfone groups is 1. The van der Waals surface area contributed by atoms with Gasteiger partial charge in [0.2, 0.25) is 9.84 Å². The molecule has 0 unspecified atom stereocenters. The number of carbonyl (C=O) groups excluding carboxylic acids is 1. The lowest BCUT2D eigenvalue weighted by Crippen LogP contribution is -2.43. The first-order chi connectivity index (χ1) is 8.02. The second kappa shape index (κ2) is 4.03. The molecule has 1 N–H and O–H groups in total. The molecule has 2 rings (SSSR count). The third-order valence-electron chi connectivity index (χ3n) is 2.79. The molecule has 0 heterocycles. The summed E-state index contributed by atoms with van der Waals surface area (Å²) in [7, 11) is -2.34. The van der Waals surface area contributed by atoms with Crippen molar-refractivity contribution >= 4 is 15.9 Å². The summed E-state index contributed by atoms with van der Waals surface area (Å²) in [6, 6.07) is 8.09. The van der Waals surface area contributed by atoms with E-state index in [1.54, 1.807) is 18.2 Å². The molecule has 1 fully saturated rings. The summed E-state index contributed by atoms with van der Waals surface area (Å²) in [6.45, 7) is 0. The Balaban J connectivity index is 2.31. The Morgan fingerprint density at radius 3 is 2.35 bits per heavy atom. The average molecular weight is 255 g/mol. The van der Waals surface area contributed by atoms with Crippen molar-refractivity contribution in [3.8, 4) is 0 Å². The highest BCUT2D eigenvalue weighted by atomic mass is 32.2.